The molecule has 1 aromatic rings. The lowest BCUT2D eigenvalue weighted by molar-refractivity contribution is -0.150. The van der Waals surface area contributed by atoms with Crippen LogP contribution in [-0.2, 0) is 10.2 Å². The summed E-state index contributed by atoms with van der Waals surface area (Å²) in [5, 5.41) is 18.1. The third kappa shape index (κ3) is 2.30. The topological polar surface area (TPSA) is 70.4 Å². The van der Waals surface area contributed by atoms with Crippen LogP contribution in [0.5, 0.6) is 0 Å². The fraction of sp³-hybridized carbons (Fsp3) is 0.400. The Labute approximate surface area is 86.4 Å². The Morgan fingerprint density at radius 2 is 2.13 bits per heavy atom. The number of aliphatic hydroxyl groups is 1. The number of hydrogen-bond acceptors (Lipinski definition) is 3. The third-order valence-corrected chi connectivity index (χ3v) is 2.31. The quantitative estimate of drug-likeness (QED) is 0.784. The van der Waals surface area contributed by atoms with Crippen LogP contribution in [-0.4, -0.2) is 27.3 Å². The summed E-state index contributed by atoms with van der Waals surface area (Å²) >= 11 is 0. The van der Waals surface area contributed by atoms with Crippen molar-refractivity contribution in [1.29, 1.82) is 0 Å². The van der Waals surface area contributed by atoms with Gasteiger partial charge in [0.2, 0.25) is 0 Å². The Balaban J connectivity index is 3.05. The van der Waals surface area contributed by atoms with Gasteiger partial charge in [0.15, 0.2) is 6.10 Å². The molecule has 0 aliphatic heterocycles. The van der Waals surface area contributed by atoms with Gasteiger partial charge in [0.1, 0.15) is 5.82 Å². The number of carbonyl (C=O) groups is 1. The monoisotopic (exact) mass is 213 g/mol. The molecular formula is C10H12FNO3. The number of nitrogens with zero attached hydrogens (tertiary/aromatic N) is 1. The van der Waals surface area contributed by atoms with Crippen molar-refractivity contribution in [3.8, 4) is 0 Å². The summed E-state index contributed by atoms with van der Waals surface area (Å²) in [6.07, 6.45) is -0.582. The minimum Gasteiger partial charge on any atom is -0.479 e. The second-order valence-corrected chi connectivity index (χ2v) is 3.82. The summed E-state index contributed by atoms with van der Waals surface area (Å²) in [6, 6.07) is 2.54. The molecule has 0 aromatic carbocycles. The molecule has 15 heavy (non-hydrogen) atoms. The predicted molar refractivity (Wildman–Crippen MR) is 50.9 cm³/mol. The minimum absolute atomic E-state index is 0.332. The van der Waals surface area contributed by atoms with Crippen molar-refractivity contribution < 1.29 is 19.4 Å². The van der Waals surface area contributed by atoms with Gasteiger partial charge in [0, 0.05) is 11.1 Å². The van der Waals surface area contributed by atoms with Crippen molar-refractivity contribution in [2.45, 2.75) is 25.4 Å². The fourth-order valence-corrected chi connectivity index (χ4v) is 1.21. The molecule has 4 nitrogen and oxygen atoms in total. The molecule has 0 aliphatic carbocycles. The van der Waals surface area contributed by atoms with Crippen molar-refractivity contribution in [1.82, 2.24) is 4.98 Å². The number of pyridine rings is 1. The van der Waals surface area contributed by atoms with Gasteiger partial charge in [-0.3, -0.25) is 4.98 Å². The molecule has 0 radical (unpaired) electrons. The Hall–Kier alpha value is -1.49. The number of carboxylic acids is 1. The lowest BCUT2D eigenvalue weighted by atomic mass is 9.82. The maximum atomic E-state index is 12.6. The maximum absolute atomic E-state index is 12.6. The van der Waals surface area contributed by atoms with Gasteiger partial charge in [0.25, 0.3) is 0 Å². The van der Waals surface area contributed by atoms with Gasteiger partial charge in [-0.2, -0.15) is 0 Å². The first-order valence-electron chi connectivity index (χ1n) is 4.38. The highest BCUT2D eigenvalue weighted by Crippen LogP contribution is 2.25. The zero-order chi connectivity index (χ0) is 11.6. The molecule has 1 atom stereocenters. The van der Waals surface area contributed by atoms with Crippen LogP contribution in [0, 0.1) is 5.82 Å². The normalized spacial score (nSPS) is 13.6. The lowest BCUT2D eigenvalue weighted by Crippen LogP contribution is -2.40. The minimum atomic E-state index is -1.57. The van der Waals surface area contributed by atoms with E-state index in [0.29, 0.717) is 5.69 Å². The van der Waals surface area contributed by atoms with E-state index < -0.39 is 23.3 Å². The first-order valence-corrected chi connectivity index (χ1v) is 4.38. The Kier molecular flexibility index (Phi) is 3.04. The summed E-state index contributed by atoms with van der Waals surface area (Å²) in [5.74, 6) is -1.83. The molecule has 0 bridgehead atoms. The summed E-state index contributed by atoms with van der Waals surface area (Å²) < 4.78 is 12.6. The maximum Gasteiger partial charge on any atom is 0.333 e. The first-order chi connectivity index (χ1) is 6.85. The van der Waals surface area contributed by atoms with Gasteiger partial charge in [-0.1, -0.05) is 13.8 Å². The van der Waals surface area contributed by atoms with Crippen LogP contribution in [0.1, 0.15) is 19.5 Å². The average Bonchev–Trinajstić information content (AvgIpc) is 2.17. The molecule has 1 rings (SSSR count). The van der Waals surface area contributed by atoms with E-state index >= 15 is 0 Å². The average molecular weight is 213 g/mol. The molecular weight excluding hydrogens is 201 g/mol. The van der Waals surface area contributed by atoms with E-state index in [2.05, 4.69) is 4.98 Å². The zero-order valence-electron chi connectivity index (χ0n) is 8.44. The van der Waals surface area contributed by atoms with Crippen LogP contribution in [0.2, 0.25) is 0 Å². The van der Waals surface area contributed by atoms with E-state index in [1.807, 2.05) is 0 Å². The van der Waals surface area contributed by atoms with Crippen LogP contribution in [0.15, 0.2) is 18.3 Å². The van der Waals surface area contributed by atoms with E-state index in [9.17, 15) is 14.3 Å². The number of aliphatic carboxylic acids is 1. The molecule has 0 saturated carbocycles. The third-order valence-electron chi connectivity index (χ3n) is 2.31. The number of rotatable bonds is 3. The zero-order valence-corrected chi connectivity index (χ0v) is 8.44. The van der Waals surface area contributed by atoms with Crippen LogP contribution in [0.4, 0.5) is 4.39 Å². The van der Waals surface area contributed by atoms with E-state index in [1.54, 1.807) is 0 Å². The molecule has 1 heterocycles. The van der Waals surface area contributed by atoms with Gasteiger partial charge in [-0.15, -0.1) is 0 Å². The molecule has 82 valence electrons. The van der Waals surface area contributed by atoms with Gasteiger partial charge >= 0.3 is 5.97 Å². The van der Waals surface area contributed by atoms with Crippen molar-refractivity contribution in [2.75, 3.05) is 0 Å². The second kappa shape index (κ2) is 3.94. The summed E-state index contributed by atoms with van der Waals surface area (Å²) in [7, 11) is 0. The molecule has 0 spiro atoms. The van der Waals surface area contributed by atoms with Gasteiger partial charge in [0.05, 0.1) is 6.20 Å². The number of aliphatic hydroxyl groups excluding tert-OH is 1. The Morgan fingerprint density at radius 1 is 1.53 bits per heavy atom. The van der Waals surface area contributed by atoms with Gasteiger partial charge < -0.3 is 10.2 Å². The molecule has 0 fully saturated rings. The highest BCUT2D eigenvalue weighted by Gasteiger charge is 2.36. The standard InChI is InChI=1S/C10H12FNO3/c1-10(2,8(13)9(14)15)7-4-3-6(11)5-12-7/h3-5,8,13H,1-2H3,(H,14,15). The first kappa shape index (κ1) is 11.6. The summed E-state index contributed by atoms with van der Waals surface area (Å²) in [4.78, 5) is 14.4. The van der Waals surface area contributed by atoms with Crippen LogP contribution < -0.4 is 0 Å². The molecule has 0 saturated heterocycles. The van der Waals surface area contributed by atoms with Gasteiger partial charge in [-0.25, -0.2) is 9.18 Å². The van der Waals surface area contributed by atoms with E-state index in [-0.39, 0.29) is 0 Å². The Morgan fingerprint density at radius 3 is 2.53 bits per heavy atom. The highest BCUT2D eigenvalue weighted by molar-refractivity contribution is 5.74. The predicted octanol–water partition coefficient (Wildman–Crippen LogP) is 0.944. The van der Waals surface area contributed by atoms with Crippen molar-refractivity contribution in [3.63, 3.8) is 0 Å². The number of hydrogen-bond donors (Lipinski definition) is 2. The SMILES string of the molecule is CC(C)(c1ccc(F)cn1)C(O)C(=O)O. The highest BCUT2D eigenvalue weighted by atomic mass is 19.1. The largest absolute Gasteiger partial charge is 0.479 e. The number of halogens is 1. The summed E-state index contributed by atoms with van der Waals surface area (Å²) in [6.45, 7) is 3.07. The Bertz CT molecular complexity index is 361. The van der Waals surface area contributed by atoms with Crippen molar-refractivity contribution in [2.24, 2.45) is 0 Å². The lowest BCUT2D eigenvalue weighted by Gasteiger charge is -2.26. The van der Waals surface area contributed by atoms with Crippen molar-refractivity contribution in [3.05, 3.63) is 29.8 Å². The van der Waals surface area contributed by atoms with Crippen LogP contribution >= 0.6 is 0 Å². The van der Waals surface area contributed by atoms with E-state index in [0.717, 1.165) is 6.20 Å². The molecule has 1 aromatic heterocycles. The van der Waals surface area contributed by atoms with Crippen LogP contribution in [0.25, 0.3) is 0 Å². The molecule has 2 N–H and O–H groups in total. The smallest absolute Gasteiger partial charge is 0.333 e. The molecule has 0 amide bonds. The number of aromatic nitrogens is 1. The van der Waals surface area contributed by atoms with Crippen LogP contribution in [0.3, 0.4) is 0 Å². The van der Waals surface area contributed by atoms with E-state index in [4.69, 9.17) is 5.11 Å². The van der Waals surface area contributed by atoms with E-state index in [1.165, 1.54) is 26.0 Å². The molecule has 0 aliphatic rings. The second-order valence-electron chi connectivity index (χ2n) is 3.82. The fourth-order valence-electron chi connectivity index (χ4n) is 1.21. The molecule has 5 heteroatoms. The van der Waals surface area contributed by atoms with Crippen molar-refractivity contribution >= 4 is 5.97 Å². The number of carboxylic acid groups (broad SMARTS) is 1. The molecule has 1 unspecified atom stereocenters. The van der Waals surface area contributed by atoms with Gasteiger partial charge in [-0.05, 0) is 12.1 Å². The summed E-state index contributed by atoms with van der Waals surface area (Å²) in [5.41, 5.74) is -0.724.